The average molecular weight is 514 g/mol. The van der Waals surface area contributed by atoms with Crippen molar-refractivity contribution in [3.05, 3.63) is 65.0 Å². The van der Waals surface area contributed by atoms with E-state index in [4.69, 9.17) is 14.4 Å². The number of benzene rings is 1. The highest BCUT2D eigenvalue weighted by molar-refractivity contribution is 5.87. The molecule has 0 radical (unpaired) electrons. The molecule has 6 rings (SSSR count). The molecule has 2 aromatic heterocycles. The summed E-state index contributed by atoms with van der Waals surface area (Å²) in [5, 5.41) is 13.2. The van der Waals surface area contributed by atoms with Gasteiger partial charge in [0.05, 0.1) is 23.8 Å². The lowest BCUT2D eigenvalue weighted by atomic mass is 9.98. The van der Waals surface area contributed by atoms with Crippen LogP contribution in [0, 0.1) is 0 Å². The number of rotatable bonds is 7. The van der Waals surface area contributed by atoms with E-state index >= 15 is 0 Å². The van der Waals surface area contributed by atoms with Crippen LogP contribution in [0.4, 0.5) is 19.0 Å². The first-order chi connectivity index (χ1) is 17.8. The number of hydrogen-bond donors (Lipinski definition) is 1. The molecule has 2 saturated heterocycles. The number of alkyl halides is 3. The van der Waals surface area contributed by atoms with Crippen LogP contribution >= 0.6 is 0 Å². The lowest BCUT2D eigenvalue weighted by Crippen LogP contribution is -2.46. The van der Waals surface area contributed by atoms with Crippen molar-refractivity contribution in [3.8, 4) is 11.3 Å². The highest BCUT2D eigenvalue weighted by atomic mass is 19.4. The Hall–Kier alpha value is -3.40. The second kappa shape index (κ2) is 9.16. The Balaban J connectivity index is 1.20. The monoisotopic (exact) mass is 513 g/mol. The lowest BCUT2D eigenvalue weighted by molar-refractivity contribution is -0.137. The molecule has 1 aliphatic carbocycles. The van der Waals surface area contributed by atoms with E-state index in [2.05, 4.69) is 15.0 Å². The molecule has 3 aliphatic rings. The number of aromatic nitrogens is 2. The zero-order valence-electron chi connectivity index (χ0n) is 19.9. The second-order valence-corrected chi connectivity index (χ2v) is 10.1. The number of carboxylic acids is 1. The topological polar surface area (TPSA) is 88.7 Å². The number of carboxylic acid groups (broad SMARTS) is 1. The van der Waals surface area contributed by atoms with Gasteiger partial charge >= 0.3 is 12.1 Å². The minimum atomic E-state index is -4.50. The van der Waals surface area contributed by atoms with E-state index in [1.54, 1.807) is 18.2 Å². The van der Waals surface area contributed by atoms with Crippen LogP contribution in [0.1, 0.15) is 71.7 Å². The molecule has 3 atom stereocenters. The van der Waals surface area contributed by atoms with Gasteiger partial charge in [0.25, 0.3) is 0 Å². The highest BCUT2D eigenvalue weighted by Gasteiger charge is 2.43. The zero-order chi connectivity index (χ0) is 25.7. The maximum atomic E-state index is 13.7. The third-order valence-electron chi connectivity index (χ3n) is 7.67. The van der Waals surface area contributed by atoms with Gasteiger partial charge in [-0.3, -0.25) is 0 Å². The molecule has 2 unspecified atom stereocenters. The van der Waals surface area contributed by atoms with E-state index in [1.165, 1.54) is 18.3 Å². The molecule has 1 N–H and O–H groups in total. The zero-order valence-corrected chi connectivity index (χ0v) is 19.9. The van der Waals surface area contributed by atoms with Gasteiger partial charge in [-0.2, -0.15) is 13.2 Å². The number of fused-ring (bicyclic) bond motifs is 2. The maximum Gasteiger partial charge on any atom is 0.417 e. The van der Waals surface area contributed by atoms with E-state index in [-0.39, 0.29) is 47.5 Å². The number of nitrogens with zero attached hydrogens (tertiary/aromatic N) is 3. The van der Waals surface area contributed by atoms with Gasteiger partial charge < -0.3 is 19.3 Å². The van der Waals surface area contributed by atoms with Crippen molar-refractivity contribution in [1.82, 2.24) is 10.1 Å². The van der Waals surface area contributed by atoms with Crippen LogP contribution in [0.15, 0.2) is 47.1 Å². The number of piperidine rings is 1. The van der Waals surface area contributed by atoms with Crippen LogP contribution in [0.25, 0.3) is 11.3 Å². The number of halogens is 3. The van der Waals surface area contributed by atoms with Crippen LogP contribution in [-0.2, 0) is 17.5 Å². The second-order valence-electron chi connectivity index (χ2n) is 10.1. The van der Waals surface area contributed by atoms with Crippen molar-refractivity contribution in [3.63, 3.8) is 0 Å². The predicted molar refractivity (Wildman–Crippen MR) is 127 cm³/mol. The molecule has 194 valence electrons. The fourth-order valence-electron chi connectivity index (χ4n) is 5.78. The van der Waals surface area contributed by atoms with Crippen LogP contribution in [-0.4, -0.2) is 39.4 Å². The summed E-state index contributed by atoms with van der Waals surface area (Å²) in [4.78, 5) is 17.8. The van der Waals surface area contributed by atoms with Crippen molar-refractivity contribution in [2.24, 2.45) is 0 Å². The van der Waals surface area contributed by atoms with Crippen molar-refractivity contribution < 1.29 is 32.3 Å². The smallest absolute Gasteiger partial charge is 0.417 e. The average Bonchev–Trinajstić information content (AvgIpc) is 3.58. The standard InChI is InChI=1S/C27H26F3N3O4/c28-27(29,30)22-4-2-1-3-20(22)24-21(25(37-32-24)15-5-6-15)14-36-19-11-17-8-9-18(12-19)33(17)23-10-7-16(13-31-23)26(34)35/h1-4,7,10,13,15,17-19H,5-6,8-9,11-12,14H2,(H,34,35)/t17-,18?,19?/m0/s1. The number of hydrogen-bond acceptors (Lipinski definition) is 6. The van der Waals surface area contributed by atoms with E-state index in [1.807, 2.05) is 0 Å². The summed E-state index contributed by atoms with van der Waals surface area (Å²) in [6, 6.07) is 9.18. The van der Waals surface area contributed by atoms with Crippen LogP contribution in [0.2, 0.25) is 0 Å². The van der Waals surface area contributed by atoms with Gasteiger partial charge in [-0.25, -0.2) is 9.78 Å². The van der Waals surface area contributed by atoms with Crippen LogP contribution in [0.5, 0.6) is 0 Å². The van der Waals surface area contributed by atoms with Gasteiger partial charge in [-0.05, 0) is 56.7 Å². The fraction of sp³-hybridized carbons (Fsp3) is 0.444. The third kappa shape index (κ3) is 4.58. The molecular weight excluding hydrogens is 487 g/mol. The van der Waals surface area contributed by atoms with E-state index in [0.717, 1.165) is 50.4 Å². The first kappa shape index (κ1) is 24.0. The highest BCUT2D eigenvalue weighted by Crippen LogP contribution is 2.46. The van der Waals surface area contributed by atoms with Gasteiger partial charge in [0.2, 0.25) is 0 Å². The summed E-state index contributed by atoms with van der Waals surface area (Å²) < 4.78 is 53.1. The molecule has 2 bridgehead atoms. The first-order valence-corrected chi connectivity index (χ1v) is 12.5. The molecule has 7 nitrogen and oxygen atoms in total. The van der Waals surface area contributed by atoms with Crippen molar-refractivity contribution >= 4 is 11.8 Å². The third-order valence-corrected chi connectivity index (χ3v) is 7.67. The molecular formula is C27H26F3N3O4. The van der Waals surface area contributed by atoms with Gasteiger partial charge in [-0.1, -0.05) is 23.4 Å². The number of pyridine rings is 1. The molecule has 0 amide bonds. The minimum absolute atomic E-state index is 0.00928. The molecule has 1 saturated carbocycles. The van der Waals surface area contributed by atoms with Crippen molar-refractivity contribution in [2.45, 2.75) is 75.4 Å². The molecule has 3 aromatic rings. The van der Waals surface area contributed by atoms with Gasteiger partial charge in [0.15, 0.2) is 0 Å². The Morgan fingerprint density at radius 3 is 2.43 bits per heavy atom. The first-order valence-electron chi connectivity index (χ1n) is 12.5. The normalized spacial score (nSPS) is 23.4. The van der Waals surface area contributed by atoms with Gasteiger partial charge in [0.1, 0.15) is 17.3 Å². The molecule has 3 fully saturated rings. The largest absolute Gasteiger partial charge is 0.478 e. The number of ether oxygens (including phenoxy) is 1. The Labute approximate surface area is 211 Å². The summed E-state index contributed by atoms with van der Waals surface area (Å²) in [7, 11) is 0. The molecule has 10 heteroatoms. The van der Waals surface area contributed by atoms with Crippen molar-refractivity contribution in [1.29, 1.82) is 0 Å². The summed E-state index contributed by atoms with van der Waals surface area (Å²) >= 11 is 0. The number of aromatic carboxylic acids is 1. The van der Waals surface area contributed by atoms with Crippen LogP contribution < -0.4 is 4.90 Å². The van der Waals surface area contributed by atoms with E-state index in [9.17, 15) is 18.0 Å². The van der Waals surface area contributed by atoms with Crippen molar-refractivity contribution in [2.75, 3.05) is 4.90 Å². The van der Waals surface area contributed by atoms with Gasteiger partial charge in [-0.15, -0.1) is 0 Å². The van der Waals surface area contributed by atoms with E-state index in [0.29, 0.717) is 11.3 Å². The summed E-state index contributed by atoms with van der Waals surface area (Å²) in [5.74, 6) is 0.564. The van der Waals surface area contributed by atoms with Gasteiger partial charge in [0, 0.05) is 35.3 Å². The number of carbonyl (C=O) groups is 1. The van der Waals surface area contributed by atoms with E-state index < -0.39 is 17.7 Å². The molecule has 4 heterocycles. The minimum Gasteiger partial charge on any atom is -0.478 e. The maximum absolute atomic E-state index is 13.7. The quantitative estimate of drug-likeness (QED) is 0.412. The summed E-state index contributed by atoms with van der Waals surface area (Å²) in [6.07, 6.45) is 2.17. The van der Waals surface area contributed by atoms with Crippen LogP contribution in [0.3, 0.4) is 0 Å². The molecule has 2 aliphatic heterocycles. The molecule has 0 spiro atoms. The Morgan fingerprint density at radius 1 is 1.08 bits per heavy atom. The summed E-state index contributed by atoms with van der Waals surface area (Å²) in [5.41, 5.74) is 0.241. The number of anilines is 1. The Bertz CT molecular complexity index is 1290. The summed E-state index contributed by atoms with van der Waals surface area (Å²) in [6.45, 7) is 0.145. The SMILES string of the molecule is O=C(O)c1ccc(N2C3CC[C@H]2CC(OCc2c(-c4ccccc4C(F)(F)F)noc2C2CC2)C3)nc1. The Kier molecular flexibility index (Phi) is 5.94. The molecule has 37 heavy (non-hydrogen) atoms. The lowest BCUT2D eigenvalue weighted by Gasteiger charge is -2.39. The molecule has 1 aromatic carbocycles. The Morgan fingerprint density at radius 2 is 1.81 bits per heavy atom. The predicted octanol–water partition coefficient (Wildman–Crippen LogP) is 6.05. The fourth-order valence-corrected chi connectivity index (χ4v) is 5.78.